The minimum atomic E-state index is 0.196. The first-order valence-corrected chi connectivity index (χ1v) is 5.89. The van der Waals surface area contributed by atoms with Crippen LogP contribution in [0.1, 0.15) is 5.56 Å². The average Bonchev–Trinajstić information content (AvgIpc) is 2.26. The minimum absolute atomic E-state index is 0.196. The zero-order chi connectivity index (χ0) is 11.1. The van der Waals surface area contributed by atoms with Gasteiger partial charge in [-0.2, -0.15) is 0 Å². The van der Waals surface area contributed by atoms with Gasteiger partial charge in [-0.1, -0.05) is 17.7 Å². The molecule has 1 rings (SSSR count). The summed E-state index contributed by atoms with van der Waals surface area (Å²) in [6.45, 7) is 2.72. The molecule has 0 bridgehead atoms. The maximum atomic E-state index is 5.40. The Labute approximate surface area is 95.4 Å². The van der Waals surface area contributed by atoms with Crippen molar-refractivity contribution < 1.29 is 4.74 Å². The van der Waals surface area contributed by atoms with E-state index >= 15 is 0 Å². The van der Waals surface area contributed by atoms with E-state index in [9.17, 15) is 0 Å². The number of ether oxygens (including phenoxy) is 1. The molecule has 0 aromatic heterocycles. The van der Waals surface area contributed by atoms with Crippen molar-refractivity contribution in [1.82, 2.24) is 5.43 Å². The lowest BCUT2D eigenvalue weighted by Crippen LogP contribution is -2.40. The lowest BCUT2D eigenvalue weighted by atomic mass is 10.2. The number of benzene rings is 1. The highest BCUT2D eigenvalue weighted by molar-refractivity contribution is 7.99. The van der Waals surface area contributed by atoms with E-state index in [4.69, 9.17) is 10.6 Å². The Morgan fingerprint density at radius 2 is 2.07 bits per heavy atom. The van der Waals surface area contributed by atoms with Gasteiger partial charge in [-0.3, -0.25) is 11.3 Å². The van der Waals surface area contributed by atoms with Crippen LogP contribution in [0.25, 0.3) is 0 Å². The molecule has 15 heavy (non-hydrogen) atoms. The normalized spacial score (nSPS) is 12.7. The summed E-state index contributed by atoms with van der Waals surface area (Å²) < 4.78 is 5.05. The fraction of sp³-hybridized carbons (Fsp3) is 0.455. The van der Waals surface area contributed by atoms with Crippen molar-refractivity contribution >= 4 is 11.8 Å². The molecule has 84 valence electrons. The molecule has 3 N–H and O–H groups in total. The number of aryl methyl sites for hydroxylation is 1. The summed E-state index contributed by atoms with van der Waals surface area (Å²) in [6.07, 6.45) is 0. The van der Waals surface area contributed by atoms with Crippen LogP contribution in [0.2, 0.25) is 0 Å². The van der Waals surface area contributed by atoms with Gasteiger partial charge in [-0.05, 0) is 19.1 Å². The summed E-state index contributed by atoms with van der Waals surface area (Å²) >= 11 is 1.78. The number of rotatable bonds is 6. The fourth-order valence-corrected chi connectivity index (χ4v) is 2.09. The predicted molar refractivity (Wildman–Crippen MR) is 64.9 cm³/mol. The van der Waals surface area contributed by atoms with Gasteiger partial charge in [0.05, 0.1) is 12.6 Å². The third-order valence-electron chi connectivity index (χ3n) is 2.08. The second-order valence-electron chi connectivity index (χ2n) is 3.44. The molecule has 4 heteroatoms. The van der Waals surface area contributed by atoms with Gasteiger partial charge in [0.2, 0.25) is 0 Å². The standard InChI is InChI=1S/C11H18N2OS/c1-9-3-5-11(6-4-9)15-8-10(13-12)7-14-2/h3-6,10,13H,7-8,12H2,1-2H3. The molecule has 0 amide bonds. The van der Waals surface area contributed by atoms with E-state index in [-0.39, 0.29) is 6.04 Å². The van der Waals surface area contributed by atoms with Gasteiger partial charge < -0.3 is 4.74 Å². The number of hydrogen-bond acceptors (Lipinski definition) is 4. The van der Waals surface area contributed by atoms with E-state index in [0.717, 1.165) is 5.75 Å². The number of nitrogens with two attached hydrogens (primary N) is 1. The summed E-state index contributed by atoms with van der Waals surface area (Å²) in [5, 5.41) is 0. The molecule has 0 saturated carbocycles. The van der Waals surface area contributed by atoms with Crippen LogP contribution in [0.5, 0.6) is 0 Å². The molecule has 1 aromatic rings. The number of nitrogens with one attached hydrogen (secondary N) is 1. The lowest BCUT2D eigenvalue weighted by Gasteiger charge is -2.13. The van der Waals surface area contributed by atoms with Crippen molar-refractivity contribution in [2.45, 2.75) is 17.9 Å². The molecule has 1 unspecified atom stereocenters. The Balaban J connectivity index is 2.38. The van der Waals surface area contributed by atoms with E-state index in [1.165, 1.54) is 10.5 Å². The molecule has 3 nitrogen and oxygen atoms in total. The smallest absolute Gasteiger partial charge is 0.0637 e. The van der Waals surface area contributed by atoms with Crippen LogP contribution >= 0.6 is 11.8 Å². The van der Waals surface area contributed by atoms with Gasteiger partial charge >= 0.3 is 0 Å². The van der Waals surface area contributed by atoms with Crippen molar-refractivity contribution in [3.63, 3.8) is 0 Å². The van der Waals surface area contributed by atoms with Crippen LogP contribution in [0.3, 0.4) is 0 Å². The van der Waals surface area contributed by atoms with E-state index in [0.29, 0.717) is 6.61 Å². The first kappa shape index (κ1) is 12.5. The van der Waals surface area contributed by atoms with E-state index in [1.807, 2.05) is 0 Å². The van der Waals surface area contributed by atoms with Crippen molar-refractivity contribution in [3.8, 4) is 0 Å². The maximum Gasteiger partial charge on any atom is 0.0637 e. The van der Waals surface area contributed by atoms with Crippen molar-refractivity contribution in [2.24, 2.45) is 5.84 Å². The van der Waals surface area contributed by atoms with E-state index in [2.05, 4.69) is 36.6 Å². The van der Waals surface area contributed by atoms with Crippen LogP contribution in [0, 0.1) is 6.92 Å². The summed E-state index contributed by atoms with van der Waals surface area (Å²) in [5.74, 6) is 6.31. The molecule has 0 aliphatic heterocycles. The summed E-state index contributed by atoms with van der Waals surface area (Å²) in [5.41, 5.74) is 4.02. The highest BCUT2D eigenvalue weighted by Gasteiger charge is 2.06. The van der Waals surface area contributed by atoms with Crippen LogP contribution in [0.4, 0.5) is 0 Å². The number of hydrogen-bond donors (Lipinski definition) is 2. The van der Waals surface area contributed by atoms with Gasteiger partial charge in [0.1, 0.15) is 0 Å². The molecule has 0 spiro atoms. The largest absolute Gasteiger partial charge is 0.383 e. The SMILES string of the molecule is COCC(CSc1ccc(C)cc1)NN. The Morgan fingerprint density at radius 3 is 2.60 bits per heavy atom. The third kappa shape index (κ3) is 4.66. The third-order valence-corrected chi connectivity index (χ3v) is 3.25. The molecule has 0 heterocycles. The molecule has 0 aliphatic rings. The van der Waals surface area contributed by atoms with Gasteiger partial charge in [-0.25, -0.2) is 0 Å². The summed E-state index contributed by atoms with van der Waals surface area (Å²) in [4.78, 5) is 1.26. The Hall–Kier alpha value is -0.550. The van der Waals surface area contributed by atoms with Gasteiger partial charge in [0.15, 0.2) is 0 Å². The molecule has 0 saturated heterocycles. The van der Waals surface area contributed by atoms with Crippen LogP contribution in [-0.4, -0.2) is 25.5 Å². The average molecular weight is 226 g/mol. The van der Waals surface area contributed by atoms with Crippen LogP contribution in [0.15, 0.2) is 29.2 Å². The lowest BCUT2D eigenvalue weighted by molar-refractivity contribution is 0.174. The first-order valence-electron chi connectivity index (χ1n) is 4.90. The van der Waals surface area contributed by atoms with E-state index in [1.54, 1.807) is 18.9 Å². The number of methoxy groups -OCH3 is 1. The second-order valence-corrected chi connectivity index (χ2v) is 4.54. The minimum Gasteiger partial charge on any atom is -0.383 e. The van der Waals surface area contributed by atoms with Crippen molar-refractivity contribution in [2.75, 3.05) is 19.5 Å². The number of hydrazine groups is 1. The second kappa shape index (κ2) is 6.85. The van der Waals surface area contributed by atoms with Gasteiger partial charge in [0.25, 0.3) is 0 Å². The molecule has 0 radical (unpaired) electrons. The van der Waals surface area contributed by atoms with Crippen LogP contribution in [-0.2, 0) is 4.74 Å². The molecule has 0 fully saturated rings. The zero-order valence-electron chi connectivity index (χ0n) is 9.19. The Kier molecular flexibility index (Phi) is 5.71. The van der Waals surface area contributed by atoms with Gasteiger partial charge in [0, 0.05) is 17.8 Å². The molecule has 1 aromatic carbocycles. The predicted octanol–water partition coefficient (Wildman–Crippen LogP) is 1.57. The van der Waals surface area contributed by atoms with Gasteiger partial charge in [-0.15, -0.1) is 11.8 Å². The highest BCUT2D eigenvalue weighted by atomic mass is 32.2. The Morgan fingerprint density at radius 1 is 1.40 bits per heavy atom. The molecular formula is C11H18N2OS. The first-order chi connectivity index (χ1) is 7.26. The molecule has 0 aliphatic carbocycles. The number of thioether (sulfide) groups is 1. The van der Waals surface area contributed by atoms with Crippen molar-refractivity contribution in [1.29, 1.82) is 0 Å². The zero-order valence-corrected chi connectivity index (χ0v) is 10.0. The monoisotopic (exact) mass is 226 g/mol. The quantitative estimate of drug-likeness (QED) is 0.439. The Bertz CT molecular complexity index is 276. The maximum absolute atomic E-state index is 5.40. The van der Waals surface area contributed by atoms with E-state index < -0.39 is 0 Å². The molecular weight excluding hydrogens is 208 g/mol. The summed E-state index contributed by atoms with van der Waals surface area (Å²) in [7, 11) is 1.68. The topological polar surface area (TPSA) is 47.3 Å². The van der Waals surface area contributed by atoms with Crippen LogP contribution < -0.4 is 11.3 Å². The highest BCUT2D eigenvalue weighted by Crippen LogP contribution is 2.18. The van der Waals surface area contributed by atoms with Crippen molar-refractivity contribution in [3.05, 3.63) is 29.8 Å². The molecule has 1 atom stereocenters. The fourth-order valence-electron chi connectivity index (χ4n) is 1.18. The summed E-state index contributed by atoms with van der Waals surface area (Å²) in [6, 6.07) is 8.68.